The number of nitrogens with one attached hydrogen (secondary N) is 2. The lowest BCUT2D eigenvalue weighted by molar-refractivity contribution is -0.126. The highest BCUT2D eigenvalue weighted by atomic mass is 16.6. The van der Waals surface area contributed by atoms with Crippen LogP contribution < -0.4 is 16.5 Å². The number of hydrogen-bond donors (Lipinski definition) is 3. The van der Waals surface area contributed by atoms with E-state index < -0.39 is 0 Å². The van der Waals surface area contributed by atoms with Crippen LogP contribution in [0.3, 0.4) is 0 Å². The Labute approximate surface area is 118 Å². The summed E-state index contributed by atoms with van der Waals surface area (Å²) < 4.78 is 15.6. The Bertz CT molecular complexity index is 242. The minimum Gasteiger partial charge on any atom is -0.377 e. The quantitative estimate of drug-likeness (QED) is 0.178. The molecule has 0 aliphatic rings. The molecule has 0 aromatic heterocycles. The van der Waals surface area contributed by atoms with Crippen molar-refractivity contribution in [1.82, 2.24) is 10.6 Å². The van der Waals surface area contributed by atoms with E-state index in [0.29, 0.717) is 59.1 Å². The molecule has 0 radical (unpaired) electrons. The standard InChI is InChI=1S/C11H23N3O6/c12-20-9-11(16)14-2-4-18-6-8-19-7-5-17-3-1-13-10-15/h10H,1-9,12H2,(H,13,15)(H,14,16). The van der Waals surface area contributed by atoms with Crippen molar-refractivity contribution in [2.75, 3.05) is 59.3 Å². The molecule has 0 spiro atoms. The Balaban J connectivity index is 3.02. The van der Waals surface area contributed by atoms with Gasteiger partial charge in [-0.15, -0.1) is 0 Å². The summed E-state index contributed by atoms with van der Waals surface area (Å²) in [5, 5.41) is 5.04. The second-order valence-electron chi connectivity index (χ2n) is 3.57. The minimum absolute atomic E-state index is 0.161. The van der Waals surface area contributed by atoms with Gasteiger partial charge in [0.1, 0.15) is 6.61 Å². The van der Waals surface area contributed by atoms with Crippen LogP contribution in [-0.4, -0.2) is 71.7 Å². The molecule has 118 valence electrons. The third kappa shape index (κ3) is 14.8. The molecule has 0 aromatic carbocycles. The van der Waals surface area contributed by atoms with Gasteiger partial charge in [-0.2, -0.15) is 0 Å². The fraction of sp³-hybridized carbons (Fsp3) is 0.818. The first-order valence-electron chi connectivity index (χ1n) is 6.30. The lowest BCUT2D eigenvalue weighted by atomic mass is 10.6. The first-order chi connectivity index (χ1) is 9.81. The highest BCUT2D eigenvalue weighted by Gasteiger charge is 1.98. The molecular weight excluding hydrogens is 270 g/mol. The molecule has 0 fully saturated rings. The van der Waals surface area contributed by atoms with Gasteiger partial charge in [0.05, 0.1) is 39.6 Å². The number of hydrogen-bond acceptors (Lipinski definition) is 7. The van der Waals surface area contributed by atoms with Crippen molar-refractivity contribution in [2.45, 2.75) is 0 Å². The predicted molar refractivity (Wildman–Crippen MR) is 69.7 cm³/mol. The van der Waals surface area contributed by atoms with Crippen molar-refractivity contribution >= 4 is 12.3 Å². The van der Waals surface area contributed by atoms with Crippen LogP contribution in [0.15, 0.2) is 0 Å². The van der Waals surface area contributed by atoms with Gasteiger partial charge in [0, 0.05) is 13.1 Å². The van der Waals surface area contributed by atoms with Crippen LogP contribution in [0.1, 0.15) is 0 Å². The van der Waals surface area contributed by atoms with E-state index in [9.17, 15) is 9.59 Å². The summed E-state index contributed by atoms with van der Waals surface area (Å²) >= 11 is 0. The summed E-state index contributed by atoms with van der Waals surface area (Å²) in [5.74, 6) is 4.45. The smallest absolute Gasteiger partial charge is 0.248 e. The fourth-order valence-corrected chi connectivity index (χ4v) is 1.12. The summed E-state index contributed by atoms with van der Waals surface area (Å²) in [6, 6.07) is 0. The first-order valence-corrected chi connectivity index (χ1v) is 6.30. The van der Waals surface area contributed by atoms with Crippen molar-refractivity contribution in [3.8, 4) is 0 Å². The van der Waals surface area contributed by atoms with Crippen molar-refractivity contribution in [2.24, 2.45) is 5.90 Å². The Morgan fingerprint density at radius 2 is 1.50 bits per heavy atom. The van der Waals surface area contributed by atoms with Crippen LogP contribution in [0.2, 0.25) is 0 Å². The Morgan fingerprint density at radius 3 is 2.05 bits per heavy atom. The van der Waals surface area contributed by atoms with E-state index in [1.165, 1.54) is 0 Å². The molecule has 0 unspecified atom stereocenters. The van der Waals surface area contributed by atoms with Gasteiger partial charge in [0.2, 0.25) is 12.3 Å². The fourth-order valence-electron chi connectivity index (χ4n) is 1.12. The SMILES string of the molecule is NOCC(=O)NCCOCCOCCOCCNC=O. The van der Waals surface area contributed by atoms with Gasteiger partial charge in [-0.3, -0.25) is 14.4 Å². The molecule has 0 aliphatic heterocycles. The topological polar surface area (TPSA) is 121 Å². The maximum Gasteiger partial charge on any atom is 0.248 e. The van der Waals surface area contributed by atoms with Crippen LogP contribution in [0.5, 0.6) is 0 Å². The largest absolute Gasteiger partial charge is 0.377 e. The summed E-state index contributed by atoms with van der Waals surface area (Å²) in [5.41, 5.74) is 0. The number of carbonyl (C=O) groups excluding carboxylic acids is 2. The van der Waals surface area contributed by atoms with Gasteiger partial charge in [0.25, 0.3) is 0 Å². The van der Waals surface area contributed by atoms with Gasteiger partial charge >= 0.3 is 0 Å². The van der Waals surface area contributed by atoms with E-state index in [1.54, 1.807) is 0 Å². The molecule has 0 heterocycles. The van der Waals surface area contributed by atoms with Crippen LogP contribution >= 0.6 is 0 Å². The van der Waals surface area contributed by atoms with E-state index in [2.05, 4.69) is 15.5 Å². The zero-order valence-corrected chi connectivity index (χ0v) is 11.5. The molecule has 0 saturated carbocycles. The van der Waals surface area contributed by atoms with E-state index in [4.69, 9.17) is 20.1 Å². The Morgan fingerprint density at radius 1 is 0.950 bits per heavy atom. The monoisotopic (exact) mass is 293 g/mol. The van der Waals surface area contributed by atoms with Crippen LogP contribution in [0.25, 0.3) is 0 Å². The van der Waals surface area contributed by atoms with Crippen molar-refractivity contribution in [1.29, 1.82) is 0 Å². The number of nitrogens with two attached hydrogens (primary N) is 1. The zero-order valence-electron chi connectivity index (χ0n) is 11.5. The number of rotatable bonds is 15. The highest BCUT2D eigenvalue weighted by Crippen LogP contribution is 1.81. The van der Waals surface area contributed by atoms with Crippen LogP contribution in [0, 0.1) is 0 Å². The first kappa shape index (κ1) is 18.7. The molecule has 20 heavy (non-hydrogen) atoms. The molecule has 0 bridgehead atoms. The summed E-state index contributed by atoms with van der Waals surface area (Å²) in [4.78, 5) is 25.0. The maximum absolute atomic E-state index is 10.9. The number of ether oxygens (including phenoxy) is 3. The van der Waals surface area contributed by atoms with E-state index in [0.717, 1.165) is 0 Å². The maximum atomic E-state index is 10.9. The van der Waals surface area contributed by atoms with Gasteiger partial charge < -0.3 is 24.8 Å². The molecular formula is C11H23N3O6. The van der Waals surface area contributed by atoms with E-state index in [-0.39, 0.29) is 12.5 Å². The summed E-state index contributed by atoms with van der Waals surface area (Å²) in [6.45, 7) is 3.42. The van der Waals surface area contributed by atoms with Crippen molar-refractivity contribution in [3.05, 3.63) is 0 Å². The predicted octanol–water partition coefficient (Wildman–Crippen LogP) is -2.21. The van der Waals surface area contributed by atoms with E-state index in [1.807, 2.05) is 0 Å². The minimum atomic E-state index is -0.284. The van der Waals surface area contributed by atoms with Crippen LogP contribution in [0.4, 0.5) is 0 Å². The van der Waals surface area contributed by atoms with Gasteiger partial charge in [0.15, 0.2) is 0 Å². The van der Waals surface area contributed by atoms with Crippen molar-refractivity contribution < 1.29 is 28.6 Å². The Kier molecular flexibility index (Phi) is 14.8. The summed E-state index contributed by atoms with van der Waals surface area (Å²) in [7, 11) is 0. The molecule has 9 nitrogen and oxygen atoms in total. The molecule has 0 aliphatic carbocycles. The van der Waals surface area contributed by atoms with Gasteiger partial charge in [-0.05, 0) is 0 Å². The molecule has 0 atom stereocenters. The second-order valence-corrected chi connectivity index (χ2v) is 3.57. The lowest BCUT2D eigenvalue weighted by Crippen LogP contribution is -2.31. The van der Waals surface area contributed by atoms with Crippen molar-refractivity contribution in [3.63, 3.8) is 0 Å². The summed E-state index contributed by atoms with van der Waals surface area (Å²) in [6.07, 6.45) is 0.628. The lowest BCUT2D eigenvalue weighted by Gasteiger charge is -2.07. The normalized spacial score (nSPS) is 10.2. The second kappa shape index (κ2) is 15.8. The molecule has 0 saturated heterocycles. The van der Waals surface area contributed by atoms with Gasteiger partial charge in [-0.25, -0.2) is 5.90 Å². The number of amides is 2. The van der Waals surface area contributed by atoms with E-state index >= 15 is 0 Å². The van der Waals surface area contributed by atoms with Gasteiger partial charge in [-0.1, -0.05) is 0 Å². The number of carbonyl (C=O) groups is 2. The Hall–Kier alpha value is -1.26. The molecule has 0 rings (SSSR count). The average Bonchev–Trinajstić information content (AvgIpc) is 2.44. The third-order valence-electron chi connectivity index (χ3n) is 2.00. The average molecular weight is 293 g/mol. The molecule has 0 aromatic rings. The molecule has 9 heteroatoms. The third-order valence-corrected chi connectivity index (χ3v) is 2.00. The molecule has 4 N–H and O–H groups in total. The zero-order chi connectivity index (χ0) is 14.9. The van der Waals surface area contributed by atoms with Crippen LogP contribution in [-0.2, 0) is 28.6 Å². The highest BCUT2D eigenvalue weighted by molar-refractivity contribution is 5.77. The molecule has 2 amide bonds.